The lowest BCUT2D eigenvalue weighted by Crippen LogP contribution is -2.12. The van der Waals surface area contributed by atoms with Crippen molar-refractivity contribution >= 4 is 33.5 Å². The molecule has 3 N–H and O–H groups in total. The molecule has 7 nitrogen and oxygen atoms in total. The summed E-state index contributed by atoms with van der Waals surface area (Å²) in [5.74, 6) is -1.60. The molecule has 2 rings (SSSR count). The summed E-state index contributed by atoms with van der Waals surface area (Å²) < 4.78 is 37.4. The maximum absolute atomic E-state index is 12.5. The normalized spacial score (nSPS) is 11.1. The summed E-state index contributed by atoms with van der Waals surface area (Å²) in [6, 6.07) is 3.75. The van der Waals surface area contributed by atoms with E-state index in [0.717, 1.165) is 35.6 Å². The van der Waals surface area contributed by atoms with Crippen molar-refractivity contribution < 1.29 is 27.9 Å². The van der Waals surface area contributed by atoms with Crippen molar-refractivity contribution in [3.05, 3.63) is 35.4 Å². The van der Waals surface area contributed by atoms with Gasteiger partial charge in [-0.2, -0.15) is 13.2 Å². The van der Waals surface area contributed by atoms with Gasteiger partial charge in [0, 0.05) is 12.1 Å². The molecule has 0 bridgehead atoms. The molecule has 1 aromatic carbocycles. The van der Waals surface area contributed by atoms with E-state index in [-0.39, 0.29) is 23.7 Å². The zero-order chi connectivity index (χ0) is 17.7. The molecule has 2 aromatic rings. The number of hydrogen-bond donors (Lipinski definition) is 3. The van der Waals surface area contributed by atoms with Crippen LogP contribution >= 0.6 is 11.3 Å². The number of nitrogens with zero attached hydrogens (tertiary/aromatic N) is 2. The first-order chi connectivity index (χ1) is 11.3. The predicted molar refractivity (Wildman–Crippen MR) is 80.0 cm³/mol. The largest absolute Gasteiger partial charge is 0.481 e. The number of carbonyl (C=O) groups excluding carboxylic acids is 1. The minimum atomic E-state index is -4.47. The molecule has 0 aliphatic carbocycles. The number of carbonyl (C=O) groups is 2. The van der Waals surface area contributed by atoms with Crippen LogP contribution in [-0.2, 0) is 11.0 Å². The lowest BCUT2D eigenvalue weighted by molar-refractivity contribution is -0.138. The molecule has 1 heterocycles. The number of carboxylic acids is 1. The van der Waals surface area contributed by atoms with Gasteiger partial charge in [0.05, 0.1) is 12.0 Å². The van der Waals surface area contributed by atoms with E-state index < -0.39 is 23.6 Å². The Balaban J connectivity index is 1.95. The Morgan fingerprint density at radius 1 is 1.12 bits per heavy atom. The van der Waals surface area contributed by atoms with Gasteiger partial charge in [-0.1, -0.05) is 11.3 Å². The highest BCUT2D eigenvalue weighted by Gasteiger charge is 2.30. The summed E-state index contributed by atoms with van der Waals surface area (Å²) in [7, 11) is 0. The van der Waals surface area contributed by atoms with Crippen molar-refractivity contribution in [2.24, 2.45) is 0 Å². The van der Waals surface area contributed by atoms with Crippen molar-refractivity contribution in [3.63, 3.8) is 0 Å². The molecule has 0 fully saturated rings. The van der Waals surface area contributed by atoms with Gasteiger partial charge in [0.1, 0.15) is 0 Å². The Hall–Kier alpha value is -2.69. The van der Waals surface area contributed by atoms with Gasteiger partial charge >= 0.3 is 12.1 Å². The van der Waals surface area contributed by atoms with E-state index >= 15 is 0 Å². The standard InChI is InChI=1S/C13H11F3N4O3S/c14-13(15,16)8-3-1-7(2-4-8)10(23)18-12-20-19-11(24-12)17-6-5-9(21)22/h1-4H,5-6H2,(H,17,19)(H,21,22)(H,18,20,23). The number of halogens is 3. The second-order valence-corrected chi connectivity index (χ2v) is 5.49. The topological polar surface area (TPSA) is 104 Å². The zero-order valence-electron chi connectivity index (χ0n) is 11.9. The number of benzene rings is 1. The van der Waals surface area contributed by atoms with Crippen molar-refractivity contribution in [2.75, 3.05) is 17.2 Å². The van der Waals surface area contributed by atoms with Crippen LogP contribution in [0.2, 0.25) is 0 Å². The van der Waals surface area contributed by atoms with Crippen LogP contribution < -0.4 is 10.6 Å². The summed E-state index contributed by atoms with van der Waals surface area (Å²) in [6.07, 6.45) is -4.57. The van der Waals surface area contributed by atoms with Crippen molar-refractivity contribution in [1.29, 1.82) is 0 Å². The SMILES string of the molecule is O=C(O)CCNc1nnc(NC(=O)c2ccc(C(F)(F)F)cc2)s1. The molecular weight excluding hydrogens is 349 g/mol. The molecule has 0 unspecified atom stereocenters. The summed E-state index contributed by atoms with van der Waals surface area (Å²) in [4.78, 5) is 22.3. The van der Waals surface area contributed by atoms with Crippen LogP contribution in [0, 0.1) is 0 Å². The first-order valence-electron chi connectivity index (χ1n) is 6.53. The quantitative estimate of drug-likeness (QED) is 0.732. The van der Waals surface area contributed by atoms with Gasteiger partial charge in [-0.05, 0) is 24.3 Å². The predicted octanol–water partition coefficient (Wildman–Crippen LogP) is 2.70. The third-order valence-electron chi connectivity index (χ3n) is 2.73. The molecule has 11 heteroatoms. The molecule has 0 saturated heterocycles. The molecule has 0 spiro atoms. The number of alkyl halides is 3. The zero-order valence-corrected chi connectivity index (χ0v) is 12.7. The molecule has 1 amide bonds. The fourth-order valence-electron chi connectivity index (χ4n) is 1.60. The van der Waals surface area contributed by atoms with E-state index in [4.69, 9.17) is 5.11 Å². The molecule has 0 aliphatic heterocycles. The summed E-state index contributed by atoms with van der Waals surface area (Å²) in [5, 5.41) is 21.5. The molecule has 0 radical (unpaired) electrons. The van der Waals surface area contributed by atoms with Gasteiger partial charge in [-0.25, -0.2) is 0 Å². The number of aromatic nitrogens is 2. The number of rotatable bonds is 6. The third-order valence-corrected chi connectivity index (χ3v) is 3.53. The van der Waals surface area contributed by atoms with Crippen molar-refractivity contribution in [1.82, 2.24) is 10.2 Å². The third kappa shape index (κ3) is 4.91. The first kappa shape index (κ1) is 17.7. The lowest BCUT2D eigenvalue weighted by atomic mass is 10.1. The van der Waals surface area contributed by atoms with E-state index in [0.29, 0.717) is 5.13 Å². The minimum Gasteiger partial charge on any atom is -0.481 e. The second kappa shape index (κ2) is 7.25. The molecule has 128 valence electrons. The van der Waals surface area contributed by atoms with Gasteiger partial charge in [0.15, 0.2) is 0 Å². The molecule has 0 atom stereocenters. The number of amides is 1. The smallest absolute Gasteiger partial charge is 0.416 e. The van der Waals surface area contributed by atoms with Crippen LogP contribution in [0.4, 0.5) is 23.4 Å². The van der Waals surface area contributed by atoms with Crippen LogP contribution in [0.15, 0.2) is 24.3 Å². The number of nitrogens with one attached hydrogen (secondary N) is 2. The fourth-order valence-corrected chi connectivity index (χ4v) is 2.27. The lowest BCUT2D eigenvalue weighted by Gasteiger charge is -2.07. The van der Waals surface area contributed by atoms with E-state index in [2.05, 4.69) is 20.8 Å². The van der Waals surface area contributed by atoms with Crippen molar-refractivity contribution in [3.8, 4) is 0 Å². The van der Waals surface area contributed by atoms with E-state index in [1.54, 1.807) is 0 Å². The van der Waals surface area contributed by atoms with Gasteiger partial charge in [-0.15, -0.1) is 10.2 Å². The summed E-state index contributed by atoms with van der Waals surface area (Å²) in [5.41, 5.74) is -0.807. The molecule has 0 saturated carbocycles. The van der Waals surface area contributed by atoms with E-state index in [1.807, 2.05) is 0 Å². The molecule has 0 aliphatic rings. The van der Waals surface area contributed by atoms with Gasteiger partial charge < -0.3 is 10.4 Å². The van der Waals surface area contributed by atoms with Crippen molar-refractivity contribution in [2.45, 2.75) is 12.6 Å². The monoisotopic (exact) mass is 360 g/mol. The highest BCUT2D eigenvalue weighted by Crippen LogP contribution is 2.29. The van der Waals surface area contributed by atoms with E-state index in [1.165, 1.54) is 0 Å². The number of carboxylic acid groups (broad SMARTS) is 1. The van der Waals surface area contributed by atoms with Crippen LogP contribution in [0.1, 0.15) is 22.3 Å². The van der Waals surface area contributed by atoms with Gasteiger partial charge in [0.25, 0.3) is 5.91 Å². The minimum absolute atomic E-state index is 0.0404. The Labute approximate surface area is 137 Å². The number of anilines is 2. The van der Waals surface area contributed by atoms with Gasteiger partial charge in [-0.3, -0.25) is 14.9 Å². The van der Waals surface area contributed by atoms with Gasteiger partial charge in [0.2, 0.25) is 10.3 Å². The summed E-state index contributed by atoms with van der Waals surface area (Å²) >= 11 is 0.977. The van der Waals surface area contributed by atoms with Crippen LogP contribution in [-0.4, -0.2) is 33.7 Å². The fraction of sp³-hybridized carbons (Fsp3) is 0.231. The Bertz CT molecular complexity index is 731. The molecule has 1 aromatic heterocycles. The Morgan fingerprint density at radius 2 is 1.75 bits per heavy atom. The maximum Gasteiger partial charge on any atom is 0.416 e. The van der Waals surface area contributed by atoms with Crippen LogP contribution in [0.5, 0.6) is 0 Å². The van der Waals surface area contributed by atoms with E-state index in [9.17, 15) is 22.8 Å². The molecule has 24 heavy (non-hydrogen) atoms. The highest BCUT2D eigenvalue weighted by atomic mass is 32.1. The van der Waals surface area contributed by atoms with Crippen LogP contribution in [0.25, 0.3) is 0 Å². The number of aliphatic carboxylic acids is 1. The molecular formula is C13H11F3N4O3S. The average Bonchev–Trinajstić information content (AvgIpc) is 2.93. The highest BCUT2D eigenvalue weighted by molar-refractivity contribution is 7.19. The second-order valence-electron chi connectivity index (χ2n) is 4.51. The maximum atomic E-state index is 12.5. The average molecular weight is 360 g/mol. The van der Waals surface area contributed by atoms with Crippen LogP contribution in [0.3, 0.4) is 0 Å². The Kier molecular flexibility index (Phi) is 5.34. The Morgan fingerprint density at radius 3 is 2.33 bits per heavy atom. The first-order valence-corrected chi connectivity index (χ1v) is 7.35. The number of hydrogen-bond acceptors (Lipinski definition) is 6. The summed E-state index contributed by atoms with van der Waals surface area (Å²) in [6.45, 7) is 0.150.